The Hall–Kier alpha value is 0.124. The summed E-state index contributed by atoms with van der Waals surface area (Å²) in [6, 6.07) is 5.77. The summed E-state index contributed by atoms with van der Waals surface area (Å²) < 4.78 is 0. The van der Waals surface area contributed by atoms with Crippen molar-refractivity contribution in [2.45, 2.75) is 33.1 Å². The van der Waals surface area contributed by atoms with E-state index < -0.39 is 0 Å². The molecule has 13 heavy (non-hydrogen) atoms. The smallest absolute Gasteiger partial charge is 0.118 e. The van der Waals surface area contributed by atoms with E-state index in [2.05, 4.69) is 20.8 Å². The fourth-order valence-corrected chi connectivity index (χ4v) is 1.12. The molecule has 1 nitrogen and oxygen atoms in total. The summed E-state index contributed by atoms with van der Waals surface area (Å²) in [6.45, 7) is 8.42. The molecule has 2 heteroatoms. The van der Waals surface area contributed by atoms with Crippen molar-refractivity contribution in [3.05, 3.63) is 29.3 Å². The van der Waals surface area contributed by atoms with Gasteiger partial charge in [0.1, 0.15) is 5.75 Å². The molecule has 0 fully saturated rings. The number of aromatic hydroxyl groups is 1. The third kappa shape index (κ3) is 3.40. The van der Waals surface area contributed by atoms with Gasteiger partial charge in [0.2, 0.25) is 0 Å². The number of rotatable bonds is 0. The molecular formula is C11H16OY. The molecule has 0 bridgehead atoms. The Morgan fingerprint density at radius 3 is 2.08 bits per heavy atom. The molecule has 1 rings (SSSR count). The Balaban J connectivity index is 0.00000144. The molecule has 0 saturated carbocycles. The van der Waals surface area contributed by atoms with E-state index in [1.807, 2.05) is 19.1 Å². The van der Waals surface area contributed by atoms with E-state index in [9.17, 15) is 5.11 Å². The van der Waals surface area contributed by atoms with Crippen LogP contribution in [-0.4, -0.2) is 5.11 Å². The number of phenols is 1. The molecule has 1 radical (unpaired) electrons. The van der Waals surface area contributed by atoms with Gasteiger partial charge in [-0.25, -0.2) is 0 Å². The molecule has 0 aromatic heterocycles. The molecular weight excluding hydrogens is 237 g/mol. The summed E-state index contributed by atoms with van der Waals surface area (Å²) in [4.78, 5) is 0. The normalized spacial score (nSPS) is 10.8. The van der Waals surface area contributed by atoms with Crippen molar-refractivity contribution < 1.29 is 37.8 Å². The summed E-state index contributed by atoms with van der Waals surface area (Å²) in [5, 5.41) is 9.31. The van der Waals surface area contributed by atoms with Gasteiger partial charge in [-0.1, -0.05) is 32.9 Å². The molecule has 0 saturated heterocycles. The van der Waals surface area contributed by atoms with Crippen LogP contribution < -0.4 is 0 Å². The van der Waals surface area contributed by atoms with Gasteiger partial charge in [0, 0.05) is 32.7 Å². The van der Waals surface area contributed by atoms with Crippen molar-refractivity contribution in [3.8, 4) is 5.75 Å². The Morgan fingerprint density at radius 2 is 1.69 bits per heavy atom. The minimum atomic E-state index is 0. The van der Waals surface area contributed by atoms with Crippen LogP contribution in [0.25, 0.3) is 0 Å². The van der Waals surface area contributed by atoms with Crippen LogP contribution in [0, 0.1) is 6.92 Å². The number of benzene rings is 1. The second kappa shape index (κ2) is 4.57. The number of hydrogen-bond donors (Lipinski definition) is 1. The van der Waals surface area contributed by atoms with E-state index in [0.717, 1.165) is 5.56 Å². The van der Waals surface area contributed by atoms with Crippen LogP contribution in [0.1, 0.15) is 31.9 Å². The fraction of sp³-hybridized carbons (Fsp3) is 0.455. The van der Waals surface area contributed by atoms with E-state index in [-0.39, 0.29) is 38.1 Å². The van der Waals surface area contributed by atoms with Crippen molar-refractivity contribution in [1.82, 2.24) is 0 Å². The molecule has 1 N–H and O–H groups in total. The van der Waals surface area contributed by atoms with Crippen LogP contribution in [0.5, 0.6) is 5.75 Å². The number of phenolic OH excluding ortho intramolecular Hbond substituents is 1. The molecule has 1 aromatic rings. The Bertz CT molecular complexity index is 287. The largest absolute Gasteiger partial charge is 0.508 e. The zero-order chi connectivity index (χ0) is 9.35. The van der Waals surface area contributed by atoms with Crippen LogP contribution in [0.3, 0.4) is 0 Å². The van der Waals surface area contributed by atoms with E-state index >= 15 is 0 Å². The van der Waals surface area contributed by atoms with Gasteiger partial charge in [-0.3, -0.25) is 0 Å². The van der Waals surface area contributed by atoms with Crippen molar-refractivity contribution in [2.24, 2.45) is 0 Å². The second-order valence-electron chi connectivity index (χ2n) is 4.25. The van der Waals surface area contributed by atoms with Gasteiger partial charge in [-0.05, 0) is 29.5 Å². The third-order valence-electron chi connectivity index (χ3n) is 2.06. The van der Waals surface area contributed by atoms with E-state index in [0.29, 0.717) is 5.75 Å². The molecule has 1 aromatic carbocycles. The van der Waals surface area contributed by atoms with Crippen LogP contribution in [-0.2, 0) is 38.1 Å². The van der Waals surface area contributed by atoms with Crippen molar-refractivity contribution in [3.63, 3.8) is 0 Å². The predicted molar refractivity (Wildman–Crippen MR) is 51.5 cm³/mol. The van der Waals surface area contributed by atoms with Crippen molar-refractivity contribution >= 4 is 0 Å². The molecule has 69 valence electrons. The quantitative estimate of drug-likeness (QED) is 0.753. The van der Waals surface area contributed by atoms with Gasteiger partial charge in [-0.15, -0.1) is 0 Å². The van der Waals surface area contributed by atoms with Crippen LogP contribution in [0.15, 0.2) is 18.2 Å². The average Bonchev–Trinajstić information content (AvgIpc) is 1.92. The first-order valence-corrected chi connectivity index (χ1v) is 4.21. The molecule has 0 aliphatic heterocycles. The molecule has 0 amide bonds. The van der Waals surface area contributed by atoms with Crippen LogP contribution in [0.2, 0.25) is 0 Å². The first-order valence-electron chi connectivity index (χ1n) is 4.21. The second-order valence-corrected chi connectivity index (χ2v) is 4.25. The molecule has 0 aliphatic carbocycles. The minimum absolute atomic E-state index is 0. The van der Waals surface area contributed by atoms with Gasteiger partial charge in [-0.2, -0.15) is 0 Å². The van der Waals surface area contributed by atoms with Crippen molar-refractivity contribution in [2.75, 3.05) is 0 Å². The summed E-state index contributed by atoms with van der Waals surface area (Å²) in [7, 11) is 0. The SMILES string of the molecule is Cc1cc(C(C)(C)C)ccc1O.[Y]. The summed E-state index contributed by atoms with van der Waals surface area (Å²) in [5.74, 6) is 0.378. The topological polar surface area (TPSA) is 20.2 Å². The standard InChI is InChI=1S/C11H16O.Y/c1-8-7-9(11(2,3)4)5-6-10(8)12;/h5-7,12H,1-4H3;. The zero-order valence-corrected chi connectivity index (χ0v) is 11.6. The van der Waals surface area contributed by atoms with Crippen molar-refractivity contribution in [1.29, 1.82) is 0 Å². The summed E-state index contributed by atoms with van der Waals surface area (Å²) in [6.07, 6.45) is 0. The maximum Gasteiger partial charge on any atom is 0.118 e. The van der Waals surface area contributed by atoms with E-state index in [1.165, 1.54) is 5.56 Å². The third-order valence-corrected chi connectivity index (χ3v) is 2.06. The molecule has 0 spiro atoms. The summed E-state index contributed by atoms with van der Waals surface area (Å²) >= 11 is 0. The number of hydrogen-bond acceptors (Lipinski definition) is 1. The zero-order valence-electron chi connectivity index (χ0n) is 8.76. The first-order chi connectivity index (χ1) is 5.41. The van der Waals surface area contributed by atoms with Gasteiger partial charge >= 0.3 is 0 Å². The first kappa shape index (κ1) is 13.1. The van der Waals surface area contributed by atoms with E-state index in [4.69, 9.17) is 0 Å². The van der Waals surface area contributed by atoms with Gasteiger partial charge in [0.25, 0.3) is 0 Å². The van der Waals surface area contributed by atoms with E-state index in [1.54, 1.807) is 6.07 Å². The maximum atomic E-state index is 9.31. The molecule has 0 atom stereocenters. The van der Waals surface area contributed by atoms with Crippen LogP contribution in [0.4, 0.5) is 0 Å². The molecule has 0 aliphatic rings. The monoisotopic (exact) mass is 253 g/mol. The van der Waals surface area contributed by atoms with Crippen LogP contribution >= 0.6 is 0 Å². The fourth-order valence-electron chi connectivity index (χ4n) is 1.12. The number of aryl methyl sites for hydroxylation is 1. The van der Waals surface area contributed by atoms with Gasteiger partial charge < -0.3 is 5.11 Å². The predicted octanol–water partition coefficient (Wildman–Crippen LogP) is 3.00. The molecule has 0 heterocycles. The summed E-state index contributed by atoms with van der Waals surface area (Å²) in [5.41, 5.74) is 2.37. The Morgan fingerprint density at radius 1 is 1.15 bits per heavy atom. The van der Waals surface area contributed by atoms with Gasteiger partial charge in [0.05, 0.1) is 0 Å². The molecule has 0 unspecified atom stereocenters. The minimum Gasteiger partial charge on any atom is -0.508 e. The Kier molecular flexibility index (Phi) is 4.61. The Labute approximate surface area is 105 Å². The van der Waals surface area contributed by atoms with Gasteiger partial charge in [0.15, 0.2) is 0 Å². The maximum absolute atomic E-state index is 9.31. The average molecular weight is 253 g/mol.